The molecule has 0 aliphatic heterocycles. The zero-order valence-corrected chi connectivity index (χ0v) is 40.0. The summed E-state index contributed by atoms with van der Waals surface area (Å²) in [5.74, 6) is 2.01. The first-order chi connectivity index (χ1) is 28.5. The number of para-hydroxylation sites is 2. The Kier molecular flexibility index (Phi) is 21.0. The Balaban J connectivity index is 0.000000350. The topological polar surface area (TPSA) is 32.7 Å². The molecule has 306 valence electrons. The van der Waals surface area contributed by atoms with E-state index in [1.54, 1.807) is 0 Å². The Labute approximate surface area is 380 Å². The smallest absolute Gasteiger partial charge is 0.507 e. The van der Waals surface area contributed by atoms with Crippen LogP contribution >= 0.6 is 0 Å². The Morgan fingerprint density at radius 1 is 0.533 bits per heavy atom. The molecule has 3 nitrogen and oxygen atoms in total. The molecule has 1 N–H and O–H groups in total. The van der Waals surface area contributed by atoms with Crippen LogP contribution in [0.4, 0.5) is 5.69 Å². The molecule has 0 aliphatic rings. The third kappa shape index (κ3) is 15.5. The molecule has 60 heavy (non-hydrogen) atoms. The van der Waals surface area contributed by atoms with Crippen LogP contribution < -0.4 is 9.64 Å². The summed E-state index contributed by atoms with van der Waals surface area (Å²) in [6, 6.07) is 58.4. The average molecular weight is 960 g/mol. The van der Waals surface area contributed by atoms with Crippen molar-refractivity contribution < 1.29 is 35.7 Å². The molecule has 0 aliphatic carbocycles. The van der Waals surface area contributed by atoms with Crippen LogP contribution in [0.1, 0.15) is 79.3 Å². The quantitative estimate of drug-likeness (QED) is 0.0842. The molecule has 0 heterocycles. The zero-order chi connectivity index (χ0) is 42.6. The van der Waals surface area contributed by atoms with Crippen molar-refractivity contribution in [1.29, 1.82) is 0 Å². The van der Waals surface area contributed by atoms with Crippen molar-refractivity contribution in [3.8, 4) is 33.8 Å². The van der Waals surface area contributed by atoms with E-state index in [-0.39, 0.29) is 31.6 Å². The van der Waals surface area contributed by atoms with Crippen LogP contribution in [0.15, 0.2) is 176 Å². The predicted octanol–water partition coefficient (Wildman–Crippen LogP) is 14.8. The van der Waals surface area contributed by atoms with E-state index in [4.69, 9.17) is 4.74 Å². The number of hydrogen-bond acceptors (Lipinski definition) is 3. The number of phenolic OH excluding ortho intramolecular Hbond substituents is 1. The van der Waals surface area contributed by atoms with Crippen LogP contribution in [0.5, 0.6) is 11.5 Å². The van der Waals surface area contributed by atoms with Gasteiger partial charge in [-0.05, 0) is 54.0 Å². The van der Waals surface area contributed by atoms with Crippen molar-refractivity contribution >= 4 is 5.69 Å². The first-order valence-electron chi connectivity index (χ1n) is 20.5. The summed E-state index contributed by atoms with van der Waals surface area (Å²) in [7, 11) is 2.19. The first-order valence-corrected chi connectivity index (χ1v) is 20.5. The van der Waals surface area contributed by atoms with Gasteiger partial charge in [0.2, 0.25) is 0 Å². The molecule has 7 aromatic carbocycles. The minimum atomic E-state index is 0. The van der Waals surface area contributed by atoms with Gasteiger partial charge in [-0.15, -0.1) is 36.4 Å². The van der Waals surface area contributed by atoms with E-state index in [1.807, 2.05) is 146 Å². The van der Waals surface area contributed by atoms with Gasteiger partial charge in [-0.1, -0.05) is 124 Å². The van der Waals surface area contributed by atoms with Gasteiger partial charge < -0.3 is 14.7 Å². The van der Waals surface area contributed by atoms with E-state index in [2.05, 4.69) is 97.7 Å². The van der Waals surface area contributed by atoms with E-state index in [0.29, 0.717) is 18.4 Å². The van der Waals surface area contributed by atoms with Crippen molar-refractivity contribution in [2.45, 2.75) is 52.9 Å². The van der Waals surface area contributed by atoms with E-state index in [9.17, 15) is 5.11 Å². The Bertz CT molecular complexity index is 2120. The molecule has 0 saturated carbocycles. The van der Waals surface area contributed by atoms with E-state index in [0.717, 1.165) is 63.2 Å². The Morgan fingerprint density at radius 3 is 1.40 bits per heavy atom. The van der Waals surface area contributed by atoms with Crippen LogP contribution in [-0.4, -0.2) is 25.3 Å². The number of hydrogen-bond donors (Lipinski definition) is 1. The molecule has 0 saturated heterocycles. The average Bonchev–Trinajstić information content (AvgIpc) is 3.24. The largest absolute Gasteiger partial charge is 4.00 e. The number of nitrogens with zero attached hydrogens (tertiary/aromatic N) is 1. The SMILES string of the molecule is Cc1ccc(OCCCN(C)c2c(C(C)C)cccc2C(C)C)c(-c2cccc(-c3ccccc3)c2O)c1.[CH2-]c1ccccc1.[CH2-]c1ccccc1.[CH2-]c1ccccc1.[Hf+4]. The number of benzene rings is 7. The summed E-state index contributed by atoms with van der Waals surface area (Å²) < 4.78 is 6.35. The summed E-state index contributed by atoms with van der Waals surface area (Å²) in [6.45, 7) is 23.8. The van der Waals surface area contributed by atoms with Gasteiger partial charge in [0.1, 0.15) is 11.5 Å². The van der Waals surface area contributed by atoms with Crippen LogP contribution in [-0.2, 0) is 25.8 Å². The van der Waals surface area contributed by atoms with Gasteiger partial charge in [-0.25, -0.2) is 0 Å². The molecule has 0 fully saturated rings. The normalized spacial score (nSPS) is 10.1. The molecular weight excluding hydrogens is 897 g/mol. The molecule has 0 atom stereocenters. The van der Waals surface area contributed by atoms with Crippen LogP contribution in [0.3, 0.4) is 0 Å². The van der Waals surface area contributed by atoms with E-state index >= 15 is 0 Å². The van der Waals surface area contributed by atoms with Crippen molar-refractivity contribution in [3.63, 3.8) is 0 Å². The van der Waals surface area contributed by atoms with Gasteiger partial charge in [-0.3, -0.25) is 0 Å². The van der Waals surface area contributed by atoms with Gasteiger partial charge >= 0.3 is 25.8 Å². The predicted molar refractivity (Wildman–Crippen MR) is 254 cm³/mol. The number of aryl methyl sites for hydroxylation is 1. The molecule has 0 bridgehead atoms. The monoisotopic (exact) mass is 960 g/mol. The van der Waals surface area contributed by atoms with E-state index in [1.165, 1.54) is 16.8 Å². The number of anilines is 1. The van der Waals surface area contributed by atoms with Gasteiger partial charge in [0, 0.05) is 36.0 Å². The summed E-state index contributed by atoms with van der Waals surface area (Å²) in [5.41, 5.74) is 12.0. The second-order valence-electron chi connectivity index (χ2n) is 15.2. The maximum atomic E-state index is 11.3. The minimum Gasteiger partial charge on any atom is -0.507 e. The molecule has 0 amide bonds. The van der Waals surface area contributed by atoms with Crippen molar-refractivity contribution in [1.82, 2.24) is 0 Å². The molecule has 0 radical (unpaired) electrons. The third-order valence-corrected chi connectivity index (χ3v) is 9.69. The molecule has 7 rings (SSSR count). The van der Waals surface area contributed by atoms with Crippen molar-refractivity contribution in [2.24, 2.45) is 0 Å². The Hall–Kier alpha value is -5.58. The fraction of sp³-hybridized carbons (Fsp3) is 0.196. The van der Waals surface area contributed by atoms with Gasteiger partial charge in [-0.2, -0.15) is 73.9 Å². The third-order valence-electron chi connectivity index (χ3n) is 9.69. The maximum Gasteiger partial charge on any atom is 4.00 e. The standard InChI is InChI=1S/C35H41NO2.3C7H7.Hf/c1-24(2)28-15-10-16-29(25(3)4)34(28)36(6)21-12-22-38-33-20-19-26(5)23-32(33)31-18-11-17-30(35(31)37)27-13-8-7-9-14-27;3*1-7-5-3-2-4-6-7;/h7-11,13-20,23-25,37H,12,21-22H2,1-6H3;3*2-6H,1H2;/q;3*-1;+4. The summed E-state index contributed by atoms with van der Waals surface area (Å²) in [4.78, 5) is 2.39. The first kappa shape index (κ1) is 48.8. The fourth-order valence-electron chi connectivity index (χ4n) is 6.57. The van der Waals surface area contributed by atoms with Crippen LogP contribution in [0, 0.1) is 27.7 Å². The minimum absolute atomic E-state index is 0. The number of ether oxygens (including phenoxy) is 1. The number of rotatable bonds is 10. The molecule has 0 aromatic heterocycles. The van der Waals surface area contributed by atoms with Crippen molar-refractivity contribution in [2.75, 3.05) is 25.1 Å². The van der Waals surface area contributed by atoms with Gasteiger partial charge in [0.15, 0.2) is 0 Å². The second kappa shape index (κ2) is 25.8. The van der Waals surface area contributed by atoms with Crippen LogP contribution in [0.25, 0.3) is 22.3 Å². The maximum absolute atomic E-state index is 11.3. The zero-order valence-electron chi connectivity index (χ0n) is 36.4. The molecule has 0 unspecified atom stereocenters. The summed E-state index contributed by atoms with van der Waals surface area (Å²) >= 11 is 0. The molecular formula is C56H62HfNO2+. The Morgan fingerprint density at radius 2 is 0.967 bits per heavy atom. The summed E-state index contributed by atoms with van der Waals surface area (Å²) in [6.07, 6.45) is 0.893. The molecule has 4 heteroatoms. The molecule has 0 spiro atoms. The fourth-order valence-corrected chi connectivity index (χ4v) is 6.57. The summed E-state index contributed by atoms with van der Waals surface area (Å²) in [5, 5.41) is 11.3. The van der Waals surface area contributed by atoms with Crippen LogP contribution in [0.2, 0.25) is 0 Å². The van der Waals surface area contributed by atoms with Crippen molar-refractivity contribution in [3.05, 3.63) is 230 Å². The van der Waals surface area contributed by atoms with E-state index < -0.39 is 0 Å². The number of aromatic hydroxyl groups is 1. The molecule has 7 aromatic rings. The van der Waals surface area contributed by atoms with Gasteiger partial charge in [0.25, 0.3) is 0 Å². The number of phenols is 1. The van der Waals surface area contributed by atoms with Gasteiger partial charge in [0.05, 0.1) is 6.61 Å². The second-order valence-corrected chi connectivity index (χ2v) is 15.2.